The van der Waals surface area contributed by atoms with Gasteiger partial charge in [0.1, 0.15) is 11.3 Å². The van der Waals surface area contributed by atoms with E-state index in [4.69, 9.17) is 9.47 Å². The second-order valence-corrected chi connectivity index (χ2v) is 7.37. The molecule has 0 spiro atoms. The maximum atomic E-state index is 12.2. The summed E-state index contributed by atoms with van der Waals surface area (Å²) in [5.41, 5.74) is 0.421. The first-order valence-corrected chi connectivity index (χ1v) is 9.11. The molecule has 5 heteroatoms. The molecule has 0 aliphatic carbocycles. The minimum absolute atomic E-state index is 0.219. The Hall–Kier alpha value is -1.20. The van der Waals surface area contributed by atoms with Crippen LogP contribution in [0.3, 0.4) is 0 Å². The number of nitrogens with one attached hydrogen (secondary N) is 1. The fraction of sp³-hybridized carbons (Fsp3) is 0.611. The van der Waals surface area contributed by atoms with Gasteiger partial charge in [0.05, 0.1) is 14.2 Å². The van der Waals surface area contributed by atoms with E-state index in [1.165, 1.54) is 7.11 Å². The molecule has 23 heavy (non-hydrogen) atoms. The number of carbonyl (C=O) groups is 1. The summed E-state index contributed by atoms with van der Waals surface area (Å²) in [5, 5.41) is 3.35. The maximum Gasteiger partial charge on any atom is 0.326 e. The zero-order valence-electron chi connectivity index (χ0n) is 14.8. The van der Waals surface area contributed by atoms with Crippen LogP contribution in [0.25, 0.3) is 0 Å². The van der Waals surface area contributed by atoms with Crippen LogP contribution in [0.5, 0.6) is 5.75 Å². The number of hydrogen-bond donors (Lipinski definition) is 1. The highest BCUT2D eigenvalue weighted by Crippen LogP contribution is 2.19. The van der Waals surface area contributed by atoms with Crippen molar-refractivity contribution in [2.75, 3.05) is 25.7 Å². The van der Waals surface area contributed by atoms with Crippen molar-refractivity contribution in [1.82, 2.24) is 5.32 Å². The van der Waals surface area contributed by atoms with Gasteiger partial charge in [0.15, 0.2) is 0 Å². The topological polar surface area (TPSA) is 47.6 Å². The lowest BCUT2D eigenvalue weighted by Crippen LogP contribution is -2.52. The van der Waals surface area contributed by atoms with Crippen LogP contribution in [-0.2, 0) is 16.1 Å². The predicted molar refractivity (Wildman–Crippen MR) is 97.0 cm³/mol. The Morgan fingerprint density at radius 1 is 1.26 bits per heavy atom. The van der Waals surface area contributed by atoms with E-state index in [-0.39, 0.29) is 5.97 Å². The number of thioether (sulfide) groups is 1. The molecule has 0 aromatic heterocycles. The lowest BCUT2D eigenvalue weighted by atomic mass is 10.0. The molecule has 0 radical (unpaired) electrons. The van der Waals surface area contributed by atoms with Gasteiger partial charge in [-0.15, -0.1) is 0 Å². The van der Waals surface area contributed by atoms with Crippen LogP contribution in [0.2, 0.25) is 0 Å². The summed E-state index contributed by atoms with van der Waals surface area (Å²) in [7, 11) is 3.09. The van der Waals surface area contributed by atoms with Gasteiger partial charge in [0.25, 0.3) is 0 Å². The fourth-order valence-electron chi connectivity index (χ4n) is 2.04. The van der Waals surface area contributed by atoms with Crippen LogP contribution < -0.4 is 10.1 Å². The third kappa shape index (κ3) is 6.83. The van der Waals surface area contributed by atoms with E-state index in [0.29, 0.717) is 18.2 Å². The first-order chi connectivity index (χ1) is 10.9. The van der Waals surface area contributed by atoms with E-state index in [1.807, 2.05) is 31.2 Å². The molecule has 0 heterocycles. The Morgan fingerprint density at radius 3 is 2.43 bits per heavy atom. The second-order valence-electron chi connectivity index (χ2n) is 6.26. The summed E-state index contributed by atoms with van der Waals surface area (Å²) < 4.78 is 10.1. The van der Waals surface area contributed by atoms with Gasteiger partial charge in [0, 0.05) is 12.3 Å². The van der Waals surface area contributed by atoms with Gasteiger partial charge in [0.2, 0.25) is 0 Å². The average molecular weight is 340 g/mol. The smallest absolute Gasteiger partial charge is 0.326 e. The number of hydrogen-bond acceptors (Lipinski definition) is 5. The van der Waals surface area contributed by atoms with E-state index < -0.39 is 5.54 Å². The SMILES string of the molecule is COC(=O)C(C)(CSCCC(C)C)NCc1ccc(OC)cc1. The lowest BCUT2D eigenvalue weighted by Gasteiger charge is -2.28. The molecule has 0 saturated heterocycles. The Balaban J connectivity index is 2.59. The van der Waals surface area contributed by atoms with Crippen molar-refractivity contribution in [3.63, 3.8) is 0 Å². The van der Waals surface area contributed by atoms with Crippen molar-refractivity contribution in [2.24, 2.45) is 5.92 Å². The number of benzene rings is 1. The molecule has 0 aliphatic heterocycles. The van der Waals surface area contributed by atoms with Crippen molar-refractivity contribution in [1.29, 1.82) is 0 Å². The fourth-order valence-corrected chi connectivity index (χ4v) is 3.45. The largest absolute Gasteiger partial charge is 0.497 e. The summed E-state index contributed by atoms with van der Waals surface area (Å²) in [6.07, 6.45) is 1.15. The molecule has 0 aliphatic rings. The van der Waals surface area contributed by atoms with Gasteiger partial charge in [-0.3, -0.25) is 10.1 Å². The molecule has 1 unspecified atom stereocenters. The van der Waals surface area contributed by atoms with Crippen LogP contribution in [0, 0.1) is 5.92 Å². The van der Waals surface area contributed by atoms with E-state index in [2.05, 4.69) is 19.2 Å². The van der Waals surface area contributed by atoms with E-state index in [0.717, 1.165) is 23.5 Å². The Bertz CT molecular complexity index is 476. The maximum absolute atomic E-state index is 12.2. The summed E-state index contributed by atoms with van der Waals surface area (Å²) in [6, 6.07) is 7.83. The predicted octanol–water partition coefficient (Wildman–Crippen LogP) is 3.50. The molecule has 0 fully saturated rings. The van der Waals surface area contributed by atoms with Crippen molar-refractivity contribution >= 4 is 17.7 Å². The van der Waals surface area contributed by atoms with Gasteiger partial charge in [-0.2, -0.15) is 11.8 Å². The first-order valence-electron chi connectivity index (χ1n) is 7.95. The summed E-state index contributed by atoms with van der Waals surface area (Å²) in [5.74, 6) is 3.03. The Morgan fingerprint density at radius 2 is 1.91 bits per heavy atom. The lowest BCUT2D eigenvalue weighted by molar-refractivity contribution is -0.146. The molecular formula is C18H29NO3S. The van der Waals surface area contributed by atoms with Gasteiger partial charge < -0.3 is 9.47 Å². The minimum atomic E-state index is -0.684. The van der Waals surface area contributed by atoms with E-state index in [9.17, 15) is 4.79 Å². The van der Waals surface area contributed by atoms with E-state index >= 15 is 0 Å². The second kappa shape index (κ2) is 9.83. The molecule has 0 saturated carbocycles. The highest BCUT2D eigenvalue weighted by Gasteiger charge is 2.33. The summed E-state index contributed by atoms with van der Waals surface area (Å²) >= 11 is 1.79. The van der Waals surface area contributed by atoms with Crippen LogP contribution in [0.4, 0.5) is 0 Å². The zero-order valence-corrected chi connectivity index (χ0v) is 15.7. The third-order valence-electron chi connectivity index (χ3n) is 3.71. The standard InChI is InChI=1S/C18H29NO3S/c1-14(2)10-11-23-13-18(3,17(20)22-5)19-12-15-6-8-16(21-4)9-7-15/h6-9,14,19H,10-13H2,1-5H3. The molecule has 1 aromatic carbocycles. The van der Waals surface area contributed by atoms with Crippen molar-refractivity contribution < 1.29 is 14.3 Å². The number of rotatable bonds is 10. The number of methoxy groups -OCH3 is 2. The molecule has 0 amide bonds. The third-order valence-corrected chi connectivity index (χ3v) is 5.01. The zero-order chi connectivity index (χ0) is 17.3. The average Bonchev–Trinajstić information content (AvgIpc) is 2.56. The van der Waals surface area contributed by atoms with Crippen molar-refractivity contribution in [3.8, 4) is 5.75 Å². The van der Waals surface area contributed by atoms with Crippen molar-refractivity contribution in [3.05, 3.63) is 29.8 Å². The number of ether oxygens (including phenoxy) is 2. The molecular weight excluding hydrogens is 310 g/mol. The molecule has 1 aromatic rings. The molecule has 130 valence electrons. The van der Waals surface area contributed by atoms with Crippen LogP contribution in [0.15, 0.2) is 24.3 Å². The van der Waals surface area contributed by atoms with Gasteiger partial charge in [-0.1, -0.05) is 26.0 Å². The first kappa shape index (κ1) is 19.8. The minimum Gasteiger partial charge on any atom is -0.497 e. The van der Waals surface area contributed by atoms with Crippen LogP contribution >= 0.6 is 11.8 Å². The molecule has 1 N–H and O–H groups in total. The summed E-state index contributed by atoms with van der Waals surface area (Å²) in [6.45, 7) is 6.94. The van der Waals surface area contributed by atoms with Gasteiger partial charge in [-0.25, -0.2) is 0 Å². The monoisotopic (exact) mass is 339 g/mol. The van der Waals surface area contributed by atoms with Crippen LogP contribution in [0.1, 0.15) is 32.8 Å². The highest BCUT2D eigenvalue weighted by atomic mass is 32.2. The Labute approximate surface area is 144 Å². The van der Waals surface area contributed by atoms with Crippen molar-refractivity contribution in [2.45, 2.75) is 39.3 Å². The van der Waals surface area contributed by atoms with Crippen LogP contribution in [-0.4, -0.2) is 37.2 Å². The van der Waals surface area contributed by atoms with Gasteiger partial charge >= 0.3 is 5.97 Å². The summed E-state index contributed by atoms with van der Waals surface area (Å²) in [4.78, 5) is 12.2. The molecule has 0 bridgehead atoms. The number of esters is 1. The molecule has 4 nitrogen and oxygen atoms in total. The molecule has 1 rings (SSSR count). The Kier molecular flexibility index (Phi) is 8.48. The highest BCUT2D eigenvalue weighted by molar-refractivity contribution is 7.99. The quantitative estimate of drug-likeness (QED) is 0.522. The molecule has 1 atom stereocenters. The number of carbonyl (C=O) groups excluding carboxylic acids is 1. The van der Waals surface area contributed by atoms with Gasteiger partial charge in [-0.05, 0) is 42.7 Å². The van der Waals surface area contributed by atoms with E-state index in [1.54, 1.807) is 18.9 Å². The normalized spacial score (nSPS) is 13.7.